The van der Waals surface area contributed by atoms with Gasteiger partial charge in [-0.3, -0.25) is 37.3 Å². The first-order valence-corrected chi connectivity index (χ1v) is 47.7. The van der Waals surface area contributed by atoms with Crippen molar-refractivity contribution < 1.29 is 80.2 Å². The number of hydrogen-bond acceptors (Lipinski definition) is 15. The summed E-state index contributed by atoms with van der Waals surface area (Å²) in [6.07, 6.45) is 72.0. The van der Waals surface area contributed by atoms with Gasteiger partial charge in [0.25, 0.3) is 0 Å². The van der Waals surface area contributed by atoms with Crippen LogP contribution in [0.15, 0.2) is 0 Å². The maximum absolute atomic E-state index is 13.1. The van der Waals surface area contributed by atoms with Gasteiger partial charge in [-0.1, -0.05) is 413 Å². The summed E-state index contributed by atoms with van der Waals surface area (Å²) in [4.78, 5) is 73.2. The van der Waals surface area contributed by atoms with E-state index in [1.807, 2.05) is 0 Å². The molecule has 3 N–H and O–H groups in total. The number of carbonyl (C=O) groups excluding carboxylic acids is 4. The van der Waals surface area contributed by atoms with E-state index in [1.165, 1.54) is 289 Å². The fourth-order valence-electron chi connectivity index (χ4n) is 13.4. The normalized spacial score (nSPS) is 14.0. The van der Waals surface area contributed by atoms with E-state index in [-0.39, 0.29) is 25.7 Å². The minimum Gasteiger partial charge on any atom is -0.462 e. The van der Waals surface area contributed by atoms with Gasteiger partial charge in [0.15, 0.2) is 12.2 Å². The van der Waals surface area contributed by atoms with Gasteiger partial charge in [-0.2, -0.15) is 0 Å². The van der Waals surface area contributed by atoms with Gasteiger partial charge in [-0.15, -0.1) is 0 Å². The molecule has 0 spiro atoms. The van der Waals surface area contributed by atoms with Crippen LogP contribution in [-0.2, 0) is 65.4 Å². The Balaban J connectivity index is 5.25. The average Bonchev–Trinajstić information content (AvgIpc) is 0.908. The summed E-state index contributed by atoms with van der Waals surface area (Å²) >= 11 is 0. The predicted molar refractivity (Wildman–Crippen MR) is 432 cm³/mol. The third-order valence-electron chi connectivity index (χ3n) is 20.6. The largest absolute Gasteiger partial charge is 0.472 e. The summed E-state index contributed by atoms with van der Waals surface area (Å²) in [5.74, 6) is -1.25. The van der Waals surface area contributed by atoms with Crippen molar-refractivity contribution in [1.82, 2.24) is 0 Å². The van der Waals surface area contributed by atoms with E-state index < -0.39 is 97.5 Å². The van der Waals surface area contributed by atoms with Crippen molar-refractivity contribution in [2.45, 2.75) is 483 Å². The first-order valence-electron chi connectivity index (χ1n) is 44.7. The fraction of sp³-hybridized carbons (Fsp3) is 0.953. The average molecular weight is 1540 g/mol. The minimum atomic E-state index is -4.97. The Bertz CT molecular complexity index is 2000. The Morgan fingerprint density at radius 3 is 0.676 bits per heavy atom. The molecule has 624 valence electrons. The van der Waals surface area contributed by atoms with Crippen molar-refractivity contribution >= 4 is 39.5 Å². The Labute approximate surface area is 645 Å². The van der Waals surface area contributed by atoms with Crippen molar-refractivity contribution in [2.75, 3.05) is 39.6 Å². The van der Waals surface area contributed by atoms with Crippen molar-refractivity contribution in [3.63, 3.8) is 0 Å². The van der Waals surface area contributed by atoms with E-state index in [0.717, 1.165) is 95.8 Å². The number of aliphatic hydroxyl groups is 1. The van der Waals surface area contributed by atoms with Crippen LogP contribution in [0.3, 0.4) is 0 Å². The SMILES string of the molecule is CCCCCCCCCCCCCCCCCCCCCC(=O)O[C@H](COC(=O)CCCCCCCCCCCCCCCCC(C)CC)COP(=O)(O)OC[C@@H](O)COP(=O)(O)OC[C@@H](COC(=O)CCCCCCCCCCCCC)OC(=O)CCCCCCCCCCCCCCCCCCC. The molecule has 0 radical (unpaired) electrons. The molecule has 3 unspecified atom stereocenters. The quantitative estimate of drug-likeness (QED) is 0.0222. The first-order chi connectivity index (χ1) is 51.1. The maximum Gasteiger partial charge on any atom is 0.472 e. The number of ether oxygens (including phenoxy) is 4. The molecule has 0 aliphatic heterocycles. The van der Waals surface area contributed by atoms with Gasteiger partial charge in [-0.05, 0) is 31.6 Å². The number of hydrogen-bond donors (Lipinski definition) is 3. The highest BCUT2D eigenvalue weighted by Gasteiger charge is 2.30. The molecule has 0 bridgehead atoms. The van der Waals surface area contributed by atoms with Gasteiger partial charge in [0, 0.05) is 25.7 Å². The van der Waals surface area contributed by atoms with E-state index in [9.17, 15) is 43.2 Å². The molecule has 0 aliphatic carbocycles. The molecule has 0 rings (SSSR count). The molecular formula is C86H168O17P2. The summed E-state index contributed by atoms with van der Waals surface area (Å²) < 4.78 is 68.9. The lowest BCUT2D eigenvalue weighted by molar-refractivity contribution is -0.161. The molecule has 105 heavy (non-hydrogen) atoms. The molecule has 0 saturated carbocycles. The Morgan fingerprint density at radius 2 is 0.457 bits per heavy atom. The number of unbranched alkanes of at least 4 members (excludes halogenated alkanes) is 57. The van der Waals surface area contributed by atoms with Gasteiger partial charge in [0.05, 0.1) is 26.4 Å². The minimum absolute atomic E-state index is 0.109. The van der Waals surface area contributed by atoms with Crippen LogP contribution in [0, 0.1) is 5.92 Å². The van der Waals surface area contributed by atoms with Crippen molar-refractivity contribution in [1.29, 1.82) is 0 Å². The van der Waals surface area contributed by atoms with Crippen LogP contribution >= 0.6 is 15.6 Å². The second-order valence-electron chi connectivity index (χ2n) is 31.2. The van der Waals surface area contributed by atoms with Gasteiger partial charge >= 0.3 is 39.5 Å². The lowest BCUT2D eigenvalue weighted by Gasteiger charge is -2.21. The molecule has 19 heteroatoms. The van der Waals surface area contributed by atoms with Crippen molar-refractivity contribution in [2.24, 2.45) is 5.92 Å². The predicted octanol–water partition coefficient (Wildman–Crippen LogP) is 26.4. The standard InChI is InChI=1S/C86H168O17P2/c1-6-10-13-16-19-22-25-27-29-31-32-34-36-42-47-52-57-62-67-72-86(91)103-82(76-97-84(89)70-65-60-55-50-45-40-38-37-39-44-48-53-58-63-68-79(5)9-4)78-101-105(94,95)99-74-80(87)73-98-104(92,93)100-77-81(75-96-83(88)69-64-59-54-49-43-24-21-18-15-12-8-3)102-85(90)71-66-61-56-51-46-41-35-33-30-28-26-23-20-17-14-11-7-2/h79-82,87H,6-78H2,1-5H3,(H,92,93)(H,94,95)/t79?,80-,81+,82+/m0/s1. The second-order valence-corrected chi connectivity index (χ2v) is 34.1. The summed E-state index contributed by atoms with van der Waals surface area (Å²) in [6, 6.07) is 0. The molecule has 17 nitrogen and oxygen atoms in total. The monoisotopic (exact) mass is 1540 g/mol. The zero-order chi connectivity index (χ0) is 76.9. The summed E-state index contributed by atoms with van der Waals surface area (Å²) in [6.45, 7) is 7.42. The second kappa shape index (κ2) is 78.7. The van der Waals surface area contributed by atoms with Gasteiger partial charge in [0.1, 0.15) is 19.3 Å². The molecule has 0 heterocycles. The highest BCUT2D eigenvalue weighted by atomic mass is 31.2. The molecule has 0 fully saturated rings. The van der Waals surface area contributed by atoms with Crippen LogP contribution in [0.1, 0.15) is 465 Å². The highest BCUT2D eigenvalue weighted by molar-refractivity contribution is 7.47. The van der Waals surface area contributed by atoms with E-state index in [0.29, 0.717) is 25.7 Å². The summed E-state index contributed by atoms with van der Waals surface area (Å²) in [7, 11) is -9.93. The van der Waals surface area contributed by atoms with Crippen LogP contribution < -0.4 is 0 Å². The Morgan fingerprint density at radius 1 is 0.267 bits per heavy atom. The lowest BCUT2D eigenvalue weighted by atomic mass is 9.99. The number of rotatable bonds is 86. The summed E-state index contributed by atoms with van der Waals surface area (Å²) in [5.41, 5.74) is 0. The molecule has 0 saturated heterocycles. The third-order valence-corrected chi connectivity index (χ3v) is 22.5. The molecule has 0 amide bonds. The smallest absolute Gasteiger partial charge is 0.462 e. The van der Waals surface area contributed by atoms with Crippen LogP contribution in [-0.4, -0.2) is 96.7 Å². The maximum atomic E-state index is 13.1. The zero-order valence-electron chi connectivity index (χ0n) is 68.9. The Kier molecular flexibility index (Phi) is 77.3. The molecule has 0 aliphatic rings. The fourth-order valence-corrected chi connectivity index (χ4v) is 15.0. The number of aliphatic hydroxyl groups excluding tert-OH is 1. The Hall–Kier alpha value is -1.94. The topological polar surface area (TPSA) is 237 Å². The van der Waals surface area contributed by atoms with E-state index >= 15 is 0 Å². The zero-order valence-corrected chi connectivity index (χ0v) is 70.7. The van der Waals surface area contributed by atoms with E-state index in [2.05, 4.69) is 34.6 Å². The highest BCUT2D eigenvalue weighted by Crippen LogP contribution is 2.45. The number of carbonyl (C=O) groups is 4. The third kappa shape index (κ3) is 78.5. The molecule has 0 aromatic heterocycles. The number of phosphoric acid groups is 2. The van der Waals surface area contributed by atoms with Gasteiger partial charge in [-0.25, -0.2) is 9.13 Å². The van der Waals surface area contributed by atoms with Gasteiger partial charge < -0.3 is 33.8 Å². The van der Waals surface area contributed by atoms with Crippen LogP contribution in [0.4, 0.5) is 0 Å². The molecule has 6 atom stereocenters. The van der Waals surface area contributed by atoms with Crippen molar-refractivity contribution in [3.05, 3.63) is 0 Å². The lowest BCUT2D eigenvalue weighted by Crippen LogP contribution is -2.30. The van der Waals surface area contributed by atoms with E-state index in [4.69, 9.17) is 37.0 Å². The first kappa shape index (κ1) is 103. The van der Waals surface area contributed by atoms with Gasteiger partial charge in [0.2, 0.25) is 0 Å². The molecule has 0 aromatic rings. The van der Waals surface area contributed by atoms with Crippen LogP contribution in [0.2, 0.25) is 0 Å². The van der Waals surface area contributed by atoms with Crippen LogP contribution in [0.25, 0.3) is 0 Å². The number of phosphoric ester groups is 2. The molecular weight excluding hydrogens is 1370 g/mol. The van der Waals surface area contributed by atoms with E-state index in [1.54, 1.807) is 0 Å². The summed E-state index contributed by atoms with van der Waals surface area (Å²) in [5, 5.41) is 10.7. The van der Waals surface area contributed by atoms with Crippen LogP contribution in [0.5, 0.6) is 0 Å². The van der Waals surface area contributed by atoms with Crippen molar-refractivity contribution in [3.8, 4) is 0 Å². The molecule has 0 aromatic carbocycles. The number of esters is 4.